The number of hydrogen-bond donors (Lipinski definition) is 2. The molecule has 0 saturated carbocycles. The van der Waals surface area contributed by atoms with E-state index in [-0.39, 0.29) is 46.8 Å². The number of carbonyl (C=O) groups excluding carboxylic acids is 2. The number of hydrogen-bond acceptors (Lipinski definition) is 11. The van der Waals surface area contributed by atoms with Crippen LogP contribution in [0.2, 0.25) is 0 Å². The molecular formula is C45H53N11O5S. The average molecular weight is 860 g/mol. The maximum absolute atomic E-state index is 14.5. The minimum absolute atomic E-state index is 0.00597. The van der Waals surface area contributed by atoms with E-state index in [1.54, 1.807) is 31.2 Å². The van der Waals surface area contributed by atoms with Gasteiger partial charge in [0.15, 0.2) is 17.5 Å². The second kappa shape index (κ2) is 16.7. The smallest absolute Gasteiger partial charge is 0.343 e. The molecule has 16 nitrogen and oxygen atoms in total. The molecule has 2 aliphatic heterocycles. The van der Waals surface area contributed by atoms with Crippen LogP contribution in [0.1, 0.15) is 90.1 Å². The summed E-state index contributed by atoms with van der Waals surface area (Å²) in [5.41, 5.74) is 4.71. The highest BCUT2D eigenvalue weighted by Crippen LogP contribution is 2.48. The third kappa shape index (κ3) is 7.79. The minimum Gasteiger partial charge on any atom is -0.462 e. The Bertz CT molecular complexity index is 2630. The van der Waals surface area contributed by atoms with Crippen molar-refractivity contribution < 1.29 is 22.7 Å². The number of nitrogens with one attached hydrogen (secondary N) is 2. The largest absolute Gasteiger partial charge is 0.462 e. The van der Waals surface area contributed by atoms with Crippen molar-refractivity contribution in [1.29, 1.82) is 5.26 Å². The number of aromatic nitrogens is 6. The van der Waals surface area contributed by atoms with E-state index in [9.17, 15) is 19.1 Å². The Balaban J connectivity index is 1.28. The van der Waals surface area contributed by atoms with Crippen molar-refractivity contribution in [2.45, 2.75) is 93.4 Å². The lowest BCUT2D eigenvalue weighted by Crippen LogP contribution is -2.60. The van der Waals surface area contributed by atoms with Gasteiger partial charge in [0.25, 0.3) is 5.79 Å². The van der Waals surface area contributed by atoms with Gasteiger partial charge in [0.1, 0.15) is 29.3 Å². The summed E-state index contributed by atoms with van der Waals surface area (Å²) in [6.45, 7) is 22.2. The van der Waals surface area contributed by atoms with E-state index in [1.165, 1.54) is 20.6 Å². The lowest BCUT2D eigenvalue weighted by Gasteiger charge is -2.40. The fraction of sp³-hybridized carbons (Fsp3) is 0.400. The molecule has 4 heterocycles. The third-order valence-electron chi connectivity index (χ3n) is 11.1. The summed E-state index contributed by atoms with van der Waals surface area (Å²) < 4.78 is 30.6. The van der Waals surface area contributed by atoms with Crippen molar-refractivity contribution in [3.05, 3.63) is 101 Å². The Hall–Kier alpha value is -6.54. The van der Waals surface area contributed by atoms with Gasteiger partial charge in [-0.25, -0.2) is 24.5 Å². The normalized spacial score (nSPS) is 16.6. The molecule has 2 atom stereocenters. The molecule has 0 bridgehead atoms. The van der Waals surface area contributed by atoms with Gasteiger partial charge < -0.3 is 19.1 Å². The van der Waals surface area contributed by atoms with Crippen molar-refractivity contribution >= 4 is 45.9 Å². The number of ether oxygens (including phenoxy) is 1. The van der Waals surface area contributed by atoms with E-state index in [4.69, 9.17) is 19.0 Å². The molecule has 2 aliphatic rings. The zero-order valence-electron chi connectivity index (χ0n) is 36.9. The molecule has 2 N–H and O–H groups in total. The van der Waals surface area contributed by atoms with E-state index < -0.39 is 29.1 Å². The van der Waals surface area contributed by atoms with Crippen LogP contribution in [0.25, 0.3) is 17.0 Å². The van der Waals surface area contributed by atoms with Crippen molar-refractivity contribution in [3.8, 4) is 23.2 Å². The standard InChI is InChI=1S/C45H53N11O5S/c1-11-53(12-2)33-20-21-35(29(5)22-33)54-42(58)47-25-37-48-27-49-55(37)45(54)34(24-46)38(41(57)60-13-3)40-50-39(51-56(40)45)30-15-18-32(19-16-30)52-62(59)61-36-23-31(17-14-28(36)4)44(9,10)26-43(6,7)8/h14-23,27,52H,11-13,25-26H2,1-10H3,(H,47,58). The van der Waals surface area contributed by atoms with Crippen LogP contribution in [0.3, 0.4) is 0 Å². The summed E-state index contributed by atoms with van der Waals surface area (Å²) in [7, 11) is 0. The maximum Gasteiger partial charge on any atom is 0.343 e. The van der Waals surface area contributed by atoms with E-state index >= 15 is 0 Å². The molecule has 2 unspecified atom stereocenters. The second-order valence-electron chi connectivity index (χ2n) is 17.2. The SMILES string of the molecule is CCOC(=O)C1=C(C#N)C2(N(c3ccc(N(CC)CC)cc3C)C(=O)NCc3ncnn32)n2nc(-c3ccc(NS(=O)Oc4cc(C(C)(C)CC(C)(C)C)ccc4C)cc3)nc21. The number of rotatable bonds is 13. The first-order valence-electron chi connectivity index (χ1n) is 20.7. The number of esters is 1. The molecule has 2 aromatic heterocycles. The van der Waals surface area contributed by atoms with Crippen LogP contribution < -0.4 is 24.0 Å². The van der Waals surface area contributed by atoms with Gasteiger partial charge in [-0.3, -0.25) is 4.72 Å². The molecule has 62 heavy (non-hydrogen) atoms. The Morgan fingerprint density at radius 2 is 1.73 bits per heavy atom. The lowest BCUT2D eigenvalue weighted by molar-refractivity contribution is -0.136. The quantitative estimate of drug-likeness (QED) is 0.112. The Kier molecular flexibility index (Phi) is 11.7. The van der Waals surface area contributed by atoms with Gasteiger partial charge in [-0.05, 0) is 117 Å². The molecule has 0 fully saturated rings. The summed E-state index contributed by atoms with van der Waals surface area (Å²) in [5.74, 6) is -1.84. The molecule has 0 aliphatic carbocycles. The van der Waals surface area contributed by atoms with Crippen molar-refractivity contribution in [2.24, 2.45) is 5.41 Å². The number of urea groups is 1. The zero-order chi connectivity index (χ0) is 44.7. The number of carbonyl (C=O) groups is 2. The first-order valence-corrected chi connectivity index (χ1v) is 21.8. The summed E-state index contributed by atoms with van der Waals surface area (Å²) in [6, 6.07) is 20.2. The predicted molar refractivity (Wildman–Crippen MR) is 238 cm³/mol. The number of fused-ring (bicyclic) bond motifs is 4. The number of aryl methyl sites for hydroxylation is 2. The van der Waals surface area contributed by atoms with Crippen LogP contribution >= 0.6 is 0 Å². The molecule has 5 aromatic rings. The van der Waals surface area contributed by atoms with Crippen LogP contribution in [0.5, 0.6) is 5.75 Å². The second-order valence-corrected chi connectivity index (χ2v) is 18.1. The number of nitrogens with zero attached hydrogens (tertiary/aromatic N) is 9. The van der Waals surface area contributed by atoms with Crippen LogP contribution in [0.4, 0.5) is 21.9 Å². The van der Waals surface area contributed by atoms with Crippen molar-refractivity contribution in [3.63, 3.8) is 0 Å². The number of amides is 2. The molecule has 0 radical (unpaired) electrons. The Morgan fingerprint density at radius 1 is 1.00 bits per heavy atom. The lowest BCUT2D eigenvalue weighted by atomic mass is 9.72. The van der Waals surface area contributed by atoms with Gasteiger partial charge in [-0.15, -0.1) is 5.10 Å². The van der Waals surface area contributed by atoms with Crippen molar-refractivity contribution in [2.75, 3.05) is 34.2 Å². The number of anilines is 3. The maximum atomic E-state index is 14.5. The van der Waals surface area contributed by atoms with Gasteiger partial charge in [-0.2, -0.15) is 23.9 Å². The Labute approximate surface area is 364 Å². The van der Waals surface area contributed by atoms with Gasteiger partial charge in [0, 0.05) is 30.0 Å². The summed E-state index contributed by atoms with van der Waals surface area (Å²) >= 11 is -1.94. The van der Waals surface area contributed by atoms with Crippen LogP contribution in [0.15, 0.2) is 72.6 Å². The van der Waals surface area contributed by atoms with Gasteiger partial charge in [0.05, 0.1) is 18.8 Å². The van der Waals surface area contributed by atoms with E-state index in [2.05, 4.69) is 85.6 Å². The predicted octanol–water partition coefficient (Wildman–Crippen LogP) is 7.53. The van der Waals surface area contributed by atoms with Crippen LogP contribution in [-0.2, 0) is 38.5 Å². The molecule has 3 aromatic carbocycles. The van der Waals surface area contributed by atoms with Gasteiger partial charge in [-0.1, -0.05) is 46.8 Å². The zero-order valence-corrected chi connectivity index (χ0v) is 37.7. The molecule has 7 rings (SSSR count). The fourth-order valence-electron chi connectivity index (χ4n) is 8.62. The topological polar surface area (TPSA) is 185 Å². The number of benzene rings is 3. The summed E-state index contributed by atoms with van der Waals surface area (Å²) in [5, 5.41) is 23.5. The van der Waals surface area contributed by atoms with Crippen LogP contribution in [-0.4, -0.2) is 65.4 Å². The molecular weight excluding hydrogens is 807 g/mol. The highest BCUT2D eigenvalue weighted by molar-refractivity contribution is 7.82. The minimum atomic E-state index is -2.02. The van der Waals surface area contributed by atoms with E-state index in [1.807, 2.05) is 44.2 Å². The molecule has 0 saturated heterocycles. The molecule has 1 spiro atoms. The van der Waals surface area contributed by atoms with E-state index in [0.29, 0.717) is 34.1 Å². The Morgan fingerprint density at radius 3 is 2.37 bits per heavy atom. The first-order chi connectivity index (χ1) is 29.5. The van der Waals surface area contributed by atoms with Crippen molar-refractivity contribution in [1.82, 2.24) is 34.8 Å². The summed E-state index contributed by atoms with van der Waals surface area (Å²) in [4.78, 5) is 41.3. The molecule has 2 amide bonds. The third-order valence-corrected chi connectivity index (χ3v) is 11.9. The fourth-order valence-corrected chi connectivity index (χ4v) is 9.34. The summed E-state index contributed by atoms with van der Waals surface area (Å²) in [6.07, 6.45) is 2.27. The average Bonchev–Trinajstić information content (AvgIpc) is 3.91. The monoisotopic (exact) mass is 859 g/mol. The van der Waals surface area contributed by atoms with Gasteiger partial charge >= 0.3 is 23.3 Å². The number of nitriles is 1. The highest BCUT2D eigenvalue weighted by Gasteiger charge is 2.60. The highest BCUT2D eigenvalue weighted by atomic mass is 32.2. The van der Waals surface area contributed by atoms with E-state index in [0.717, 1.165) is 36.3 Å². The van der Waals surface area contributed by atoms with Crippen LogP contribution in [0, 0.1) is 30.6 Å². The molecule has 17 heteroatoms. The molecule has 324 valence electrons. The van der Waals surface area contributed by atoms with Gasteiger partial charge in [0.2, 0.25) is 0 Å². The first kappa shape index (κ1) is 43.5.